The molecule has 1 aromatic heterocycles. The molecule has 0 unspecified atom stereocenters. The molecule has 0 radical (unpaired) electrons. The largest absolute Gasteiger partial charge is 0.495 e. The maximum atomic E-state index is 5.16. The first-order chi connectivity index (χ1) is 9.38. The fraction of sp³-hybridized carbons (Fsp3) is 0.267. The Morgan fingerprint density at radius 1 is 1.21 bits per heavy atom. The van der Waals surface area contributed by atoms with Crippen molar-refractivity contribution in [3.05, 3.63) is 48.2 Å². The summed E-state index contributed by atoms with van der Waals surface area (Å²) in [7, 11) is 1.65. The van der Waals surface area contributed by atoms with Crippen molar-refractivity contribution in [2.24, 2.45) is 0 Å². The van der Waals surface area contributed by atoms with E-state index in [0.29, 0.717) is 0 Å². The first kappa shape index (κ1) is 12.0. The Labute approximate surface area is 113 Å². The molecular formula is C15H17N3O. The molecule has 3 rings (SSSR count). The smallest absolute Gasteiger partial charge is 0.137 e. The zero-order chi connectivity index (χ0) is 13.1. The van der Waals surface area contributed by atoms with Crippen LogP contribution >= 0.6 is 0 Å². The Morgan fingerprint density at radius 2 is 2.11 bits per heavy atom. The zero-order valence-corrected chi connectivity index (χ0v) is 11.0. The molecule has 1 aliphatic rings. The number of aromatic nitrogens is 1. The molecule has 1 aliphatic heterocycles. The van der Waals surface area contributed by atoms with Crippen LogP contribution in [-0.2, 0) is 6.54 Å². The van der Waals surface area contributed by atoms with Gasteiger partial charge < -0.3 is 15.0 Å². The van der Waals surface area contributed by atoms with Crippen molar-refractivity contribution in [3.63, 3.8) is 0 Å². The lowest BCUT2D eigenvalue weighted by Crippen LogP contribution is -2.25. The van der Waals surface area contributed by atoms with Crippen LogP contribution in [0.15, 0.2) is 42.6 Å². The maximum absolute atomic E-state index is 5.16. The van der Waals surface area contributed by atoms with E-state index in [1.165, 1.54) is 11.3 Å². The van der Waals surface area contributed by atoms with Crippen molar-refractivity contribution < 1.29 is 4.74 Å². The highest BCUT2D eigenvalue weighted by Crippen LogP contribution is 2.28. The van der Waals surface area contributed by atoms with Gasteiger partial charge in [0.1, 0.15) is 11.6 Å². The third kappa shape index (κ3) is 2.39. The number of methoxy groups -OCH3 is 1. The number of rotatable bonds is 2. The van der Waals surface area contributed by atoms with Crippen LogP contribution in [0.3, 0.4) is 0 Å². The number of hydrogen-bond acceptors (Lipinski definition) is 4. The summed E-state index contributed by atoms with van der Waals surface area (Å²) < 4.78 is 5.16. The van der Waals surface area contributed by atoms with Crippen molar-refractivity contribution in [3.8, 4) is 5.75 Å². The zero-order valence-electron chi connectivity index (χ0n) is 11.0. The quantitative estimate of drug-likeness (QED) is 0.893. The minimum Gasteiger partial charge on any atom is -0.495 e. The molecule has 19 heavy (non-hydrogen) atoms. The second-order valence-corrected chi connectivity index (χ2v) is 4.51. The van der Waals surface area contributed by atoms with Gasteiger partial charge in [-0.3, -0.25) is 0 Å². The van der Waals surface area contributed by atoms with Crippen LogP contribution in [0.5, 0.6) is 5.75 Å². The van der Waals surface area contributed by atoms with E-state index in [0.717, 1.165) is 31.2 Å². The van der Waals surface area contributed by atoms with Crippen molar-refractivity contribution in [1.82, 2.24) is 10.3 Å². The van der Waals surface area contributed by atoms with Gasteiger partial charge in [0.25, 0.3) is 0 Å². The van der Waals surface area contributed by atoms with E-state index in [9.17, 15) is 0 Å². The molecule has 2 heterocycles. The van der Waals surface area contributed by atoms with Gasteiger partial charge in [-0.25, -0.2) is 4.98 Å². The minimum atomic E-state index is 0.782. The molecule has 98 valence electrons. The Kier molecular flexibility index (Phi) is 3.33. The summed E-state index contributed by atoms with van der Waals surface area (Å²) in [5.41, 5.74) is 2.53. The van der Waals surface area contributed by atoms with Gasteiger partial charge in [0, 0.05) is 25.3 Å². The highest BCUT2D eigenvalue weighted by atomic mass is 16.5. The summed E-state index contributed by atoms with van der Waals surface area (Å²) >= 11 is 0. The molecule has 0 saturated carbocycles. The maximum Gasteiger partial charge on any atom is 0.137 e. The van der Waals surface area contributed by atoms with Gasteiger partial charge in [0.15, 0.2) is 0 Å². The minimum absolute atomic E-state index is 0.782. The lowest BCUT2D eigenvalue weighted by Gasteiger charge is -2.23. The Balaban J connectivity index is 1.99. The van der Waals surface area contributed by atoms with Crippen LogP contribution in [0.2, 0.25) is 0 Å². The predicted molar refractivity (Wildman–Crippen MR) is 75.9 cm³/mol. The van der Waals surface area contributed by atoms with Crippen LogP contribution in [0.25, 0.3) is 0 Å². The molecular weight excluding hydrogens is 238 g/mol. The molecule has 0 bridgehead atoms. The number of nitrogens with one attached hydrogen (secondary N) is 1. The van der Waals surface area contributed by atoms with E-state index >= 15 is 0 Å². The topological polar surface area (TPSA) is 37.4 Å². The third-order valence-electron chi connectivity index (χ3n) is 3.34. The van der Waals surface area contributed by atoms with E-state index < -0.39 is 0 Å². The Hall–Kier alpha value is -2.07. The molecule has 4 nitrogen and oxygen atoms in total. The van der Waals surface area contributed by atoms with Crippen molar-refractivity contribution in [2.75, 3.05) is 25.1 Å². The predicted octanol–water partition coefficient (Wildman–Crippen LogP) is 2.33. The highest BCUT2D eigenvalue weighted by molar-refractivity contribution is 5.64. The number of benzene rings is 1. The fourth-order valence-corrected chi connectivity index (χ4v) is 2.35. The van der Waals surface area contributed by atoms with Crippen molar-refractivity contribution >= 4 is 11.5 Å². The fourth-order valence-electron chi connectivity index (χ4n) is 2.35. The molecule has 2 aromatic rings. The third-order valence-corrected chi connectivity index (χ3v) is 3.34. The summed E-state index contributed by atoms with van der Waals surface area (Å²) in [6.45, 7) is 2.77. The molecule has 4 heteroatoms. The van der Waals surface area contributed by atoms with Crippen LogP contribution in [0.4, 0.5) is 11.5 Å². The van der Waals surface area contributed by atoms with Crippen LogP contribution in [0.1, 0.15) is 5.56 Å². The van der Waals surface area contributed by atoms with Gasteiger partial charge >= 0.3 is 0 Å². The van der Waals surface area contributed by atoms with Crippen molar-refractivity contribution in [2.45, 2.75) is 6.54 Å². The first-order valence-electron chi connectivity index (χ1n) is 6.44. The van der Waals surface area contributed by atoms with Gasteiger partial charge in [0.2, 0.25) is 0 Å². The standard InChI is InChI=1S/C15H17N3O/c1-19-13-6-7-15(17-11-13)18-9-8-16-10-12-4-2-3-5-14(12)18/h2-7,11,16H,8-10H2,1H3. The summed E-state index contributed by atoms with van der Waals surface area (Å²) in [5, 5.41) is 3.43. The number of pyridine rings is 1. The number of anilines is 2. The van der Waals surface area contributed by atoms with E-state index in [1.807, 2.05) is 12.1 Å². The summed E-state index contributed by atoms with van der Waals surface area (Å²) in [6.07, 6.45) is 1.76. The highest BCUT2D eigenvalue weighted by Gasteiger charge is 2.16. The van der Waals surface area contributed by atoms with Crippen LogP contribution < -0.4 is 15.0 Å². The molecule has 1 N–H and O–H groups in total. The molecule has 0 saturated heterocycles. The molecule has 0 aliphatic carbocycles. The van der Waals surface area contributed by atoms with E-state index in [-0.39, 0.29) is 0 Å². The van der Waals surface area contributed by atoms with Gasteiger partial charge in [-0.05, 0) is 23.8 Å². The summed E-state index contributed by atoms with van der Waals surface area (Å²) in [4.78, 5) is 6.73. The van der Waals surface area contributed by atoms with Gasteiger partial charge in [-0.15, -0.1) is 0 Å². The summed E-state index contributed by atoms with van der Waals surface area (Å²) in [5.74, 6) is 1.74. The second-order valence-electron chi connectivity index (χ2n) is 4.51. The Bertz CT molecular complexity index is 554. The second kappa shape index (κ2) is 5.28. The van der Waals surface area contributed by atoms with E-state index in [1.54, 1.807) is 13.3 Å². The number of para-hydroxylation sites is 1. The lowest BCUT2D eigenvalue weighted by molar-refractivity contribution is 0.413. The number of ether oxygens (including phenoxy) is 1. The number of hydrogen-bond donors (Lipinski definition) is 1. The molecule has 0 spiro atoms. The molecule has 1 aromatic carbocycles. The molecule has 0 atom stereocenters. The van der Waals surface area contributed by atoms with Crippen molar-refractivity contribution in [1.29, 1.82) is 0 Å². The van der Waals surface area contributed by atoms with Gasteiger partial charge in [-0.2, -0.15) is 0 Å². The van der Waals surface area contributed by atoms with E-state index in [4.69, 9.17) is 4.74 Å². The molecule has 0 amide bonds. The average Bonchev–Trinajstić information content (AvgIpc) is 2.70. The molecule has 0 fully saturated rings. The average molecular weight is 255 g/mol. The van der Waals surface area contributed by atoms with Crippen LogP contribution in [0, 0.1) is 0 Å². The summed E-state index contributed by atoms with van der Waals surface area (Å²) in [6, 6.07) is 12.4. The number of fused-ring (bicyclic) bond motifs is 1. The van der Waals surface area contributed by atoms with Gasteiger partial charge in [0.05, 0.1) is 13.3 Å². The van der Waals surface area contributed by atoms with Crippen LogP contribution in [-0.4, -0.2) is 25.2 Å². The SMILES string of the molecule is COc1ccc(N2CCNCc3ccccc32)nc1. The normalized spacial score (nSPS) is 14.7. The van der Waals surface area contributed by atoms with E-state index in [2.05, 4.69) is 39.5 Å². The first-order valence-corrected chi connectivity index (χ1v) is 6.44. The van der Waals surface area contributed by atoms with Gasteiger partial charge in [-0.1, -0.05) is 18.2 Å². The lowest BCUT2D eigenvalue weighted by atomic mass is 10.1. The Morgan fingerprint density at radius 3 is 2.89 bits per heavy atom. The monoisotopic (exact) mass is 255 g/mol. The number of nitrogens with zero attached hydrogens (tertiary/aromatic N) is 2.